The number of carbonyl (C=O) groups is 4. The second-order valence-corrected chi connectivity index (χ2v) is 12.8. The highest BCUT2D eigenvalue weighted by Crippen LogP contribution is 2.02. The van der Waals surface area contributed by atoms with Gasteiger partial charge in [-0.2, -0.15) is 0 Å². The zero-order valence-corrected chi connectivity index (χ0v) is 38.9. The first-order chi connectivity index (χ1) is 34.1. The lowest BCUT2D eigenvalue weighted by atomic mass is 10.3. The SMILES string of the molecule is C#CC#CC#CC#CC#CC#COC(=O)CCN(CCC(=O)OC)CCN(C)CCCN(C)CCN(CCC(=O)OC#CC#CC#CC#CC#CC#C)CCC(=O)OC#CC#CC#CC#CC#CC#C. The Labute approximate surface area is 414 Å². The van der Waals surface area contributed by atoms with Gasteiger partial charge < -0.3 is 38.5 Å². The first-order valence-electron chi connectivity index (χ1n) is 20.5. The summed E-state index contributed by atoms with van der Waals surface area (Å²) in [5.74, 6) is 69.6. The summed E-state index contributed by atoms with van der Waals surface area (Å²) < 4.78 is 19.7. The second-order valence-electron chi connectivity index (χ2n) is 12.8. The lowest BCUT2D eigenvalue weighted by Crippen LogP contribution is -2.38. The van der Waals surface area contributed by atoms with Gasteiger partial charge in [0.2, 0.25) is 0 Å². The molecule has 342 valence electrons. The van der Waals surface area contributed by atoms with Crippen LogP contribution in [0.25, 0.3) is 0 Å². The van der Waals surface area contributed by atoms with E-state index >= 15 is 0 Å². The number of hydrogen-bond acceptors (Lipinski definition) is 12. The molecule has 0 aromatic rings. The molecule has 0 amide bonds. The van der Waals surface area contributed by atoms with Gasteiger partial charge in [0.1, 0.15) is 18.3 Å². The molecule has 0 rings (SSSR count). The Morgan fingerprint density at radius 2 is 0.571 bits per heavy atom. The summed E-state index contributed by atoms with van der Waals surface area (Å²) in [6.45, 7) is 5.11. The van der Waals surface area contributed by atoms with E-state index in [-0.39, 0.29) is 44.7 Å². The standard InChI is InChI=1S/C58H42N4O8/c1-7-10-13-16-19-22-25-28-31-34-52-68-56(64)39-45-61(44-38-55(63)67-6)50-48-59(4)42-37-43-60(5)49-51-62(46-40-57(65)69-53-35-32-29-26-23-20-17-14-11-8-2)47-41-58(66)70-54-36-33-30-27-24-21-18-15-12-9-3/h1-3H,37-51H2,4-6H3. The van der Waals surface area contributed by atoms with Crippen LogP contribution in [0.4, 0.5) is 0 Å². The molecule has 0 aliphatic rings. The third-order valence-corrected chi connectivity index (χ3v) is 7.80. The van der Waals surface area contributed by atoms with Crippen molar-refractivity contribution in [1.29, 1.82) is 0 Å². The molecule has 12 nitrogen and oxygen atoms in total. The van der Waals surface area contributed by atoms with Gasteiger partial charge in [0.15, 0.2) is 0 Å². The summed E-state index contributed by atoms with van der Waals surface area (Å²) >= 11 is 0. The van der Waals surface area contributed by atoms with E-state index < -0.39 is 17.9 Å². The minimum absolute atomic E-state index is 0.0162. The molecule has 0 aliphatic heterocycles. The van der Waals surface area contributed by atoms with Crippen molar-refractivity contribution in [2.45, 2.75) is 32.1 Å². The Kier molecular flexibility index (Phi) is 38.8. The lowest BCUT2D eigenvalue weighted by Gasteiger charge is -2.26. The Morgan fingerprint density at radius 1 is 0.329 bits per heavy atom. The van der Waals surface area contributed by atoms with Crippen molar-refractivity contribution in [3.8, 4) is 215 Å². The third kappa shape index (κ3) is 41.8. The lowest BCUT2D eigenvalue weighted by molar-refractivity contribution is -0.141. The topological polar surface area (TPSA) is 118 Å². The van der Waals surface area contributed by atoms with Crippen LogP contribution >= 0.6 is 0 Å². The van der Waals surface area contributed by atoms with Gasteiger partial charge in [-0.15, -0.1) is 19.3 Å². The summed E-state index contributed by atoms with van der Waals surface area (Å²) in [5.41, 5.74) is 0. The van der Waals surface area contributed by atoms with Gasteiger partial charge in [-0.3, -0.25) is 19.2 Å². The number of methoxy groups -OCH3 is 1. The van der Waals surface area contributed by atoms with E-state index in [1.165, 1.54) is 7.11 Å². The summed E-state index contributed by atoms with van der Waals surface area (Å²) in [7, 11) is 5.27. The second kappa shape index (κ2) is 45.4. The molecule has 0 heterocycles. The van der Waals surface area contributed by atoms with Gasteiger partial charge >= 0.3 is 23.9 Å². The molecule has 0 aromatic heterocycles. The first-order valence-corrected chi connectivity index (χ1v) is 20.5. The van der Waals surface area contributed by atoms with E-state index in [2.05, 4.69) is 206 Å². The number of nitrogens with zero attached hydrogens (tertiary/aromatic N) is 4. The molecule has 0 fully saturated rings. The van der Waals surface area contributed by atoms with Crippen molar-refractivity contribution >= 4 is 23.9 Å². The highest BCUT2D eigenvalue weighted by atomic mass is 16.5. The van der Waals surface area contributed by atoms with Gasteiger partial charge in [-0.25, -0.2) is 0 Å². The number of likely N-dealkylation sites (N-methyl/N-ethyl adjacent to an activating group) is 2. The van der Waals surface area contributed by atoms with Crippen LogP contribution in [0.5, 0.6) is 0 Å². The zero-order chi connectivity index (χ0) is 51.4. The average molecular weight is 923 g/mol. The molecule has 0 radical (unpaired) electrons. The van der Waals surface area contributed by atoms with Crippen LogP contribution in [0.1, 0.15) is 32.1 Å². The van der Waals surface area contributed by atoms with Crippen molar-refractivity contribution < 1.29 is 38.1 Å². The molecule has 70 heavy (non-hydrogen) atoms. The molecule has 0 atom stereocenters. The van der Waals surface area contributed by atoms with Gasteiger partial charge in [-0.1, -0.05) is 0 Å². The Balaban J connectivity index is 5.31. The highest BCUT2D eigenvalue weighted by Gasteiger charge is 2.15. The summed E-state index contributed by atoms with van der Waals surface area (Å²) in [5, 5.41) is 0. The fourth-order valence-corrected chi connectivity index (χ4v) is 4.47. The summed E-state index contributed by atoms with van der Waals surface area (Å²) in [6, 6.07) is 0. The average Bonchev–Trinajstić information content (AvgIpc) is 3.35. The molecule has 0 saturated heterocycles. The number of terminal acetylenes is 3. The van der Waals surface area contributed by atoms with Crippen molar-refractivity contribution in [1.82, 2.24) is 19.6 Å². The minimum atomic E-state index is -0.587. The number of esters is 4. The molecule has 0 saturated carbocycles. The van der Waals surface area contributed by atoms with Crippen molar-refractivity contribution in [2.24, 2.45) is 0 Å². The Morgan fingerprint density at radius 3 is 0.829 bits per heavy atom. The van der Waals surface area contributed by atoms with Crippen molar-refractivity contribution in [2.75, 3.05) is 86.7 Å². The van der Waals surface area contributed by atoms with Crippen LogP contribution < -0.4 is 0 Å². The third-order valence-electron chi connectivity index (χ3n) is 7.80. The van der Waals surface area contributed by atoms with Crippen LogP contribution in [-0.4, -0.2) is 130 Å². The van der Waals surface area contributed by atoms with E-state index in [0.29, 0.717) is 39.3 Å². The molecule has 0 N–H and O–H groups in total. The van der Waals surface area contributed by atoms with Gasteiger partial charge in [0, 0.05) is 141 Å². The van der Waals surface area contributed by atoms with Crippen LogP contribution in [0, 0.1) is 215 Å². The molecule has 12 heteroatoms. The van der Waals surface area contributed by atoms with Crippen molar-refractivity contribution in [3.63, 3.8) is 0 Å². The molecule has 0 aliphatic carbocycles. The number of ether oxygens (including phenoxy) is 4. The van der Waals surface area contributed by atoms with Crippen LogP contribution in [0.15, 0.2) is 0 Å². The number of carbonyl (C=O) groups excluding carboxylic acids is 4. The predicted octanol–water partition coefficient (Wildman–Crippen LogP) is 0.0302. The normalized spacial score (nSPS) is 7.77. The number of hydrogen-bond donors (Lipinski definition) is 0. The van der Waals surface area contributed by atoms with Crippen LogP contribution in [0.3, 0.4) is 0 Å². The first kappa shape index (κ1) is 59.8. The Bertz CT molecular complexity index is 2880. The van der Waals surface area contributed by atoms with Crippen LogP contribution in [0.2, 0.25) is 0 Å². The zero-order valence-electron chi connectivity index (χ0n) is 38.9. The van der Waals surface area contributed by atoms with Crippen LogP contribution in [-0.2, 0) is 38.1 Å². The maximum atomic E-state index is 12.5. The predicted molar refractivity (Wildman–Crippen MR) is 264 cm³/mol. The van der Waals surface area contributed by atoms with Gasteiger partial charge in [-0.05, 0) is 122 Å². The van der Waals surface area contributed by atoms with E-state index in [1.54, 1.807) is 0 Å². The largest absolute Gasteiger partial charge is 0.469 e. The van der Waals surface area contributed by atoms with E-state index in [4.69, 9.17) is 38.2 Å². The summed E-state index contributed by atoms with van der Waals surface area (Å²) in [4.78, 5) is 57.3. The quantitative estimate of drug-likeness (QED) is 0.0830. The maximum absolute atomic E-state index is 12.5. The Hall–Kier alpha value is -10.2. The maximum Gasteiger partial charge on any atom is 0.321 e. The molecule has 0 bridgehead atoms. The molecular weight excluding hydrogens is 881 g/mol. The minimum Gasteiger partial charge on any atom is -0.469 e. The molecular formula is C58H42N4O8. The highest BCUT2D eigenvalue weighted by molar-refractivity contribution is 5.72. The van der Waals surface area contributed by atoms with E-state index in [0.717, 1.165) is 19.5 Å². The summed E-state index contributed by atoms with van der Waals surface area (Å²) in [6.07, 6.45) is 22.7. The monoisotopic (exact) mass is 922 g/mol. The van der Waals surface area contributed by atoms with Crippen molar-refractivity contribution in [3.05, 3.63) is 0 Å². The fraction of sp³-hybridized carbons (Fsp3) is 0.310. The van der Waals surface area contributed by atoms with Gasteiger partial charge in [0.05, 0.1) is 32.8 Å². The van der Waals surface area contributed by atoms with E-state index in [1.807, 2.05) is 23.9 Å². The molecule has 0 unspecified atom stereocenters. The fourth-order valence-electron chi connectivity index (χ4n) is 4.47. The molecule has 0 aromatic carbocycles. The number of rotatable bonds is 22. The van der Waals surface area contributed by atoms with E-state index in [9.17, 15) is 19.2 Å². The smallest absolute Gasteiger partial charge is 0.321 e. The van der Waals surface area contributed by atoms with Gasteiger partial charge in [0.25, 0.3) is 0 Å². The molecule has 0 spiro atoms.